The summed E-state index contributed by atoms with van der Waals surface area (Å²) in [6.07, 6.45) is 2.20. The highest BCUT2D eigenvalue weighted by molar-refractivity contribution is 6.06. The smallest absolute Gasteiger partial charge is 0.254 e. The maximum Gasteiger partial charge on any atom is 0.254 e. The molecule has 2 aliphatic rings. The van der Waals surface area contributed by atoms with E-state index in [2.05, 4.69) is 16.8 Å². The molecule has 2 aromatic rings. The molecular formula is C20H24FN3O3. The number of hydrogen-bond acceptors (Lipinski definition) is 4. The summed E-state index contributed by atoms with van der Waals surface area (Å²) in [5.41, 5.74) is 0.261. The topological polar surface area (TPSA) is 65.6 Å². The number of halogens is 1. The summed E-state index contributed by atoms with van der Waals surface area (Å²) >= 11 is 0. The maximum atomic E-state index is 13.5. The van der Waals surface area contributed by atoms with Gasteiger partial charge in [0.25, 0.3) is 5.91 Å². The Morgan fingerprint density at radius 2 is 2.15 bits per heavy atom. The molecule has 3 heterocycles. The van der Waals surface area contributed by atoms with E-state index >= 15 is 0 Å². The van der Waals surface area contributed by atoms with E-state index in [-0.39, 0.29) is 11.9 Å². The van der Waals surface area contributed by atoms with Gasteiger partial charge in [-0.1, -0.05) is 13.3 Å². The predicted molar refractivity (Wildman–Crippen MR) is 100 cm³/mol. The summed E-state index contributed by atoms with van der Waals surface area (Å²) in [6.45, 7) is 5.54. The normalized spacial score (nSPS) is 23.4. The van der Waals surface area contributed by atoms with Crippen LogP contribution in [0.4, 0.5) is 4.39 Å². The van der Waals surface area contributed by atoms with Gasteiger partial charge in [-0.2, -0.15) is 0 Å². The fourth-order valence-electron chi connectivity index (χ4n) is 4.28. The lowest BCUT2D eigenvalue weighted by Crippen LogP contribution is -2.62. The largest absolute Gasteiger partial charge is 0.378 e. The number of nitrogens with zero attached hydrogens (tertiary/aromatic N) is 2. The zero-order chi connectivity index (χ0) is 19.0. The minimum atomic E-state index is -0.447. The summed E-state index contributed by atoms with van der Waals surface area (Å²) < 4.78 is 19.3. The quantitative estimate of drug-likeness (QED) is 0.894. The van der Waals surface area contributed by atoms with Gasteiger partial charge in [0.15, 0.2) is 0 Å². The fraction of sp³-hybridized carbons (Fsp3) is 0.500. The zero-order valence-electron chi connectivity index (χ0n) is 15.4. The third-order valence-electron chi connectivity index (χ3n) is 5.56. The van der Waals surface area contributed by atoms with Crippen LogP contribution in [-0.4, -0.2) is 65.6 Å². The third kappa shape index (κ3) is 3.49. The Labute approximate surface area is 156 Å². The molecule has 2 fully saturated rings. The maximum absolute atomic E-state index is 13.5. The Morgan fingerprint density at radius 1 is 1.30 bits per heavy atom. The second kappa shape index (κ2) is 7.40. The lowest BCUT2D eigenvalue weighted by atomic mass is 10.0. The number of nitrogens with one attached hydrogen (secondary N) is 1. The molecule has 0 aliphatic carbocycles. The minimum absolute atomic E-state index is 0.179. The van der Waals surface area contributed by atoms with Gasteiger partial charge < -0.3 is 14.6 Å². The van der Waals surface area contributed by atoms with Gasteiger partial charge in [0.2, 0.25) is 5.56 Å². The number of aromatic nitrogens is 1. The van der Waals surface area contributed by atoms with E-state index in [9.17, 15) is 14.0 Å². The summed E-state index contributed by atoms with van der Waals surface area (Å²) in [5, 5.41) is 0.562. The van der Waals surface area contributed by atoms with Crippen molar-refractivity contribution in [1.82, 2.24) is 14.8 Å². The number of rotatable bonds is 3. The van der Waals surface area contributed by atoms with Gasteiger partial charge in [0, 0.05) is 37.1 Å². The number of amides is 1. The van der Waals surface area contributed by atoms with Crippen molar-refractivity contribution in [2.24, 2.45) is 0 Å². The van der Waals surface area contributed by atoms with Gasteiger partial charge in [0.1, 0.15) is 5.82 Å². The van der Waals surface area contributed by atoms with Gasteiger partial charge in [-0.3, -0.25) is 14.5 Å². The summed E-state index contributed by atoms with van der Waals surface area (Å²) in [6, 6.07) is 6.00. The van der Waals surface area contributed by atoms with Crippen LogP contribution < -0.4 is 5.56 Å². The van der Waals surface area contributed by atoms with Crippen molar-refractivity contribution in [2.75, 3.05) is 32.8 Å². The first-order valence-electron chi connectivity index (χ1n) is 9.52. The van der Waals surface area contributed by atoms with Gasteiger partial charge in [-0.25, -0.2) is 4.39 Å². The van der Waals surface area contributed by atoms with E-state index in [1.165, 1.54) is 18.2 Å². The van der Waals surface area contributed by atoms with Crippen LogP contribution >= 0.6 is 0 Å². The molecule has 2 atom stereocenters. The average Bonchev–Trinajstić information content (AvgIpc) is 2.66. The Morgan fingerprint density at radius 3 is 2.96 bits per heavy atom. The SMILES string of the molecule is CCC[C@H]1COC[C@H]2CN(C(=O)c3cc(=O)[nH]c4cc(F)ccc34)CCN12. The van der Waals surface area contributed by atoms with Gasteiger partial charge in [0.05, 0.1) is 30.3 Å². The molecule has 4 rings (SSSR count). The van der Waals surface area contributed by atoms with E-state index in [1.54, 1.807) is 11.0 Å². The molecule has 1 N–H and O–H groups in total. The molecule has 0 spiro atoms. The number of benzene rings is 1. The van der Waals surface area contributed by atoms with Crippen molar-refractivity contribution in [3.05, 3.63) is 46.0 Å². The first kappa shape index (κ1) is 18.1. The second-order valence-electron chi connectivity index (χ2n) is 7.36. The van der Waals surface area contributed by atoms with Crippen LogP contribution in [0.5, 0.6) is 0 Å². The number of fused-ring (bicyclic) bond motifs is 2. The first-order valence-corrected chi connectivity index (χ1v) is 9.52. The third-order valence-corrected chi connectivity index (χ3v) is 5.56. The van der Waals surface area contributed by atoms with Crippen molar-refractivity contribution < 1.29 is 13.9 Å². The number of H-pyrrole nitrogens is 1. The highest BCUT2D eigenvalue weighted by Crippen LogP contribution is 2.24. The fourth-order valence-corrected chi connectivity index (χ4v) is 4.28. The Kier molecular flexibility index (Phi) is 4.97. The van der Waals surface area contributed by atoms with Crippen LogP contribution in [0.1, 0.15) is 30.1 Å². The molecule has 0 radical (unpaired) electrons. The van der Waals surface area contributed by atoms with Gasteiger partial charge in [-0.15, -0.1) is 0 Å². The van der Waals surface area contributed by atoms with E-state index in [4.69, 9.17) is 4.74 Å². The van der Waals surface area contributed by atoms with E-state index in [1.807, 2.05) is 0 Å². The van der Waals surface area contributed by atoms with Crippen LogP contribution in [0.3, 0.4) is 0 Å². The van der Waals surface area contributed by atoms with Crippen molar-refractivity contribution >= 4 is 16.8 Å². The first-order chi connectivity index (χ1) is 13.1. The Balaban J connectivity index is 1.59. The van der Waals surface area contributed by atoms with Gasteiger partial charge >= 0.3 is 0 Å². The standard InChI is InChI=1S/C20H24FN3O3/c1-2-3-14-11-27-12-15-10-23(6-7-24(14)15)20(26)17-9-19(25)22-18-8-13(21)4-5-16(17)18/h4-5,8-9,14-15H,2-3,6-7,10-12H2,1H3,(H,22,25)/t14-,15+/m0/s1. The molecular weight excluding hydrogens is 349 g/mol. The van der Waals surface area contributed by atoms with E-state index in [0.29, 0.717) is 42.2 Å². The highest BCUT2D eigenvalue weighted by atomic mass is 19.1. The Bertz CT molecular complexity index is 911. The van der Waals surface area contributed by atoms with Gasteiger partial charge in [-0.05, 0) is 24.6 Å². The number of pyridine rings is 1. The molecule has 1 aromatic heterocycles. The summed E-state index contributed by atoms with van der Waals surface area (Å²) in [5.74, 6) is -0.632. The summed E-state index contributed by atoms with van der Waals surface area (Å²) in [7, 11) is 0. The van der Waals surface area contributed by atoms with E-state index < -0.39 is 11.4 Å². The molecule has 144 valence electrons. The molecule has 27 heavy (non-hydrogen) atoms. The Hall–Kier alpha value is -2.25. The van der Waals surface area contributed by atoms with Crippen molar-refractivity contribution in [1.29, 1.82) is 0 Å². The molecule has 7 heteroatoms. The lowest BCUT2D eigenvalue weighted by Gasteiger charge is -2.48. The second-order valence-corrected chi connectivity index (χ2v) is 7.36. The molecule has 0 unspecified atom stereocenters. The lowest BCUT2D eigenvalue weighted by molar-refractivity contribution is -0.0776. The molecule has 2 aliphatic heterocycles. The highest BCUT2D eigenvalue weighted by Gasteiger charge is 2.37. The number of ether oxygens (including phenoxy) is 1. The minimum Gasteiger partial charge on any atom is -0.378 e. The molecule has 0 saturated carbocycles. The zero-order valence-corrected chi connectivity index (χ0v) is 15.4. The number of morpholine rings is 1. The molecule has 0 bridgehead atoms. The predicted octanol–water partition coefficient (Wildman–Crippen LogP) is 1.99. The van der Waals surface area contributed by atoms with Crippen molar-refractivity contribution in [3.8, 4) is 0 Å². The molecule has 1 aromatic carbocycles. The monoisotopic (exact) mass is 373 g/mol. The number of aromatic amines is 1. The average molecular weight is 373 g/mol. The summed E-state index contributed by atoms with van der Waals surface area (Å²) in [4.78, 5) is 32.0. The number of carbonyl (C=O) groups is 1. The van der Waals surface area contributed by atoms with Crippen molar-refractivity contribution in [3.63, 3.8) is 0 Å². The molecule has 6 nitrogen and oxygen atoms in total. The molecule has 2 saturated heterocycles. The van der Waals surface area contributed by atoms with Crippen LogP contribution in [0, 0.1) is 5.82 Å². The van der Waals surface area contributed by atoms with Crippen LogP contribution in [0.15, 0.2) is 29.1 Å². The van der Waals surface area contributed by atoms with Crippen LogP contribution in [-0.2, 0) is 4.74 Å². The number of hydrogen-bond donors (Lipinski definition) is 1. The molecule has 1 amide bonds. The van der Waals surface area contributed by atoms with Crippen molar-refractivity contribution in [2.45, 2.75) is 31.8 Å². The number of carbonyl (C=O) groups excluding carboxylic acids is 1. The number of piperazine rings is 1. The van der Waals surface area contributed by atoms with E-state index in [0.717, 1.165) is 26.0 Å². The van der Waals surface area contributed by atoms with Crippen LogP contribution in [0.2, 0.25) is 0 Å². The van der Waals surface area contributed by atoms with Crippen LogP contribution in [0.25, 0.3) is 10.9 Å².